The minimum Gasteiger partial charge on any atom is -0.493 e. The number of methoxy groups -OCH3 is 1. The number of esters is 1. The Kier molecular flexibility index (Phi) is 6.04. The largest absolute Gasteiger partial charge is 0.493 e. The van der Waals surface area contributed by atoms with Crippen molar-refractivity contribution in [1.82, 2.24) is 15.4 Å². The van der Waals surface area contributed by atoms with Gasteiger partial charge in [0.05, 0.1) is 18.9 Å². The van der Waals surface area contributed by atoms with E-state index in [1.807, 2.05) is 0 Å². The van der Waals surface area contributed by atoms with Crippen LogP contribution in [0.4, 0.5) is 0 Å². The molecule has 28 heavy (non-hydrogen) atoms. The lowest BCUT2D eigenvalue weighted by atomic mass is 10.2. The number of amides is 1. The number of ether oxygens (including phenoxy) is 2. The van der Waals surface area contributed by atoms with Crippen molar-refractivity contribution >= 4 is 18.1 Å². The van der Waals surface area contributed by atoms with Gasteiger partial charge < -0.3 is 9.47 Å². The molecule has 0 radical (unpaired) electrons. The summed E-state index contributed by atoms with van der Waals surface area (Å²) in [5, 5.41) is 3.90. The van der Waals surface area contributed by atoms with E-state index in [9.17, 15) is 9.59 Å². The van der Waals surface area contributed by atoms with Crippen molar-refractivity contribution in [1.29, 1.82) is 0 Å². The fraction of sp³-hybridized carbons (Fsp3) is 0.0500. The molecule has 8 heteroatoms. The number of hydrogen-bond acceptors (Lipinski definition) is 7. The molecule has 1 amide bonds. The molecule has 0 aliphatic rings. The zero-order chi connectivity index (χ0) is 19.8. The first kappa shape index (κ1) is 18.7. The van der Waals surface area contributed by atoms with Gasteiger partial charge in [0.2, 0.25) is 0 Å². The molecule has 2 aromatic heterocycles. The van der Waals surface area contributed by atoms with Crippen LogP contribution in [0.15, 0.2) is 72.2 Å². The fourth-order valence-corrected chi connectivity index (χ4v) is 2.22. The number of carbonyl (C=O) groups is 2. The molecule has 0 atom stereocenters. The van der Waals surface area contributed by atoms with Gasteiger partial charge in [-0.1, -0.05) is 6.07 Å². The molecular weight excluding hydrogens is 360 g/mol. The van der Waals surface area contributed by atoms with Crippen LogP contribution in [0, 0.1) is 0 Å². The highest BCUT2D eigenvalue weighted by Crippen LogP contribution is 2.28. The SMILES string of the molecule is COc1cc(/C=N\NC(=O)c2ccccn2)ccc1OC(=O)c1ccncc1. The predicted octanol–water partition coefficient (Wildman–Crippen LogP) is 2.47. The Morgan fingerprint density at radius 1 is 1.04 bits per heavy atom. The van der Waals surface area contributed by atoms with E-state index in [0.717, 1.165) is 0 Å². The number of rotatable bonds is 6. The van der Waals surface area contributed by atoms with E-state index in [1.54, 1.807) is 48.5 Å². The maximum Gasteiger partial charge on any atom is 0.343 e. The molecule has 0 aliphatic heterocycles. The third kappa shape index (κ3) is 4.76. The number of hydrogen-bond donors (Lipinski definition) is 1. The van der Waals surface area contributed by atoms with Gasteiger partial charge in [-0.05, 0) is 48.0 Å². The second kappa shape index (κ2) is 9.04. The van der Waals surface area contributed by atoms with E-state index in [-0.39, 0.29) is 11.4 Å². The van der Waals surface area contributed by atoms with Gasteiger partial charge in [0.15, 0.2) is 11.5 Å². The van der Waals surface area contributed by atoms with Crippen molar-refractivity contribution in [3.8, 4) is 11.5 Å². The second-order valence-corrected chi connectivity index (χ2v) is 5.45. The number of pyridine rings is 2. The monoisotopic (exact) mass is 376 g/mol. The molecule has 1 aromatic carbocycles. The Labute approximate surface area is 160 Å². The second-order valence-electron chi connectivity index (χ2n) is 5.45. The molecule has 0 unspecified atom stereocenters. The van der Waals surface area contributed by atoms with Crippen LogP contribution >= 0.6 is 0 Å². The van der Waals surface area contributed by atoms with E-state index >= 15 is 0 Å². The standard InChI is InChI=1S/C20H16N4O4/c1-27-18-12-14(13-23-24-19(25)16-4-2-3-9-22-16)5-6-17(18)28-20(26)15-7-10-21-11-8-15/h2-13H,1H3,(H,24,25)/b23-13-. The molecule has 0 spiro atoms. The molecule has 0 bridgehead atoms. The van der Waals surface area contributed by atoms with Crippen LogP contribution in [0.5, 0.6) is 11.5 Å². The first-order valence-electron chi connectivity index (χ1n) is 8.22. The molecule has 3 aromatic rings. The number of nitrogens with zero attached hydrogens (tertiary/aromatic N) is 3. The van der Waals surface area contributed by atoms with Crippen molar-refractivity contribution in [3.05, 3.63) is 83.9 Å². The lowest BCUT2D eigenvalue weighted by molar-refractivity contribution is 0.0729. The molecule has 3 rings (SSSR count). The summed E-state index contributed by atoms with van der Waals surface area (Å²) in [6.45, 7) is 0. The highest BCUT2D eigenvalue weighted by molar-refractivity contribution is 5.93. The molecule has 8 nitrogen and oxygen atoms in total. The van der Waals surface area contributed by atoms with Gasteiger partial charge >= 0.3 is 5.97 Å². The number of aromatic nitrogens is 2. The van der Waals surface area contributed by atoms with Crippen LogP contribution in [0.2, 0.25) is 0 Å². The van der Waals surface area contributed by atoms with E-state index in [4.69, 9.17) is 9.47 Å². The molecule has 0 aliphatic carbocycles. The lowest BCUT2D eigenvalue weighted by Gasteiger charge is -2.09. The van der Waals surface area contributed by atoms with E-state index in [2.05, 4.69) is 20.5 Å². The average molecular weight is 376 g/mol. The Hall–Kier alpha value is -4.07. The maximum atomic E-state index is 12.2. The predicted molar refractivity (Wildman–Crippen MR) is 101 cm³/mol. The number of nitrogens with one attached hydrogen (secondary N) is 1. The Morgan fingerprint density at radius 3 is 2.57 bits per heavy atom. The Bertz CT molecular complexity index is 992. The summed E-state index contributed by atoms with van der Waals surface area (Å²) in [5.41, 5.74) is 3.66. The quantitative estimate of drug-likeness (QED) is 0.307. The van der Waals surface area contributed by atoms with Crippen molar-refractivity contribution in [3.63, 3.8) is 0 Å². The minimum atomic E-state index is -0.523. The number of carbonyl (C=O) groups excluding carboxylic acids is 2. The zero-order valence-electron chi connectivity index (χ0n) is 14.9. The number of hydrazone groups is 1. The van der Waals surface area contributed by atoms with Crippen LogP contribution in [0.1, 0.15) is 26.4 Å². The summed E-state index contributed by atoms with van der Waals surface area (Å²) >= 11 is 0. The van der Waals surface area contributed by atoms with E-state index < -0.39 is 11.9 Å². The van der Waals surface area contributed by atoms with Crippen molar-refractivity contribution < 1.29 is 19.1 Å². The molecule has 140 valence electrons. The molecule has 0 saturated carbocycles. The van der Waals surface area contributed by atoms with Gasteiger partial charge in [0.25, 0.3) is 5.91 Å². The van der Waals surface area contributed by atoms with Crippen LogP contribution in [-0.2, 0) is 0 Å². The van der Waals surface area contributed by atoms with Gasteiger partial charge in [0.1, 0.15) is 5.69 Å². The van der Waals surface area contributed by atoms with Crippen LogP contribution in [0.3, 0.4) is 0 Å². The number of benzene rings is 1. The van der Waals surface area contributed by atoms with Crippen LogP contribution < -0.4 is 14.9 Å². The van der Waals surface area contributed by atoms with Gasteiger partial charge in [-0.2, -0.15) is 5.10 Å². The zero-order valence-corrected chi connectivity index (χ0v) is 14.9. The molecule has 2 heterocycles. The Morgan fingerprint density at radius 2 is 1.86 bits per heavy atom. The first-order chi connectivity index (χ1) is 13.7. The summed E-state index contributed by atoms with van der Waals surface area (Å²) in [6.07, 6.45) is 5.98. The molecule has 1 N–H and O–H groups in total. The van der Waals surface area contributed by atoms with Gasteiger partial charge in [-0.3, -0.25) is 14.8 Å². The van der Waals surface area contributed by atoms with Crippen molar-refractivity contribution in [2.24, 2.45) is 5.10 Å². The molecule has 0 saturated heterocycles. The smallest absolute Gasteiger partial charge is 0.343 e. The minimum absolute atomic E-state index is 0.260. The lowest BCUT2D eigenvalue weighted by Crippen LogP contribution is -2.18. The summed E-state index contributed by atoms with van der Waals surface area (Å²) in [7, 11) is 1.46. The third-order valence-electron chi connectivity index (χ3n) is 3.58. The molecular formula is C20H16N4O4. The van der Waals surface area contributed by atoms with Crippen LogP contribution in [0.25, 0.3) is 0 Å². The summed E-state index contributed by atoms with van der Waals surface area (Å²) in [6, 6.07) is 13.0. The van der Waals surface area contributed by atoms with Crippen LogP contribution in [-0.4, -0.2) is 35.2 Å². The summed E-state index contributed by atoms with van der Waals surface area (Å²) < 4.78 is 10.6. The average Bonchev–Trinajstić information content (AvgIpc) is 2.75. The fourth-order valence-electron chi connectivity index (χ4n) is 2.22. The third-order valence-corrected chi connectivity index (χ3v) is 3.58. The van der Waals surface area contributed by atoms with Crippen molar-refractivity contribution in [2.45, 2.75) is 0 Å². The van der Waals surface area contributed by atoms with E-state index in [1.165, 1.54) is 31.9 Å². The van der Waals surface area contributed by atoms with Crippen molar-refractivity contribution in [2.75, 3.05) is 7.11 Å². The highest BCUT2D eigenvalue weighted by Gasteiger charge is 2.12. The first-order valence-corrected chi connectivity index (χ1v) is 8.22. The Balaban J connectivity index is 1.67. The van der Waals surface area contributed by atoms with Gasteiger partial charge in [-0.25, -0.2) is 10.2 Å². The van der Waals surface area contributed by atoms with Gasteiger partial charge in [-0.15, -0.1) is 0 Å². The maximum absolute atomic E-state index is 12.2. The summed E-state index contributed by atoms with van der Waals surface area (Å²) in [4.78, 5) is 31.9. The van der Waals surface area contributed by atoms with Gasteiger partial charge in [0, 0.05) is 18.6 Å². The van der Waals surface area contributed by atoms with E-state index in [0.29, 0.717) is 16.9 Å². The topological polar surface area (TPSA) is 103 Å². The highest BCUT2D eigenvalue weighted by atomic mass is 16.6. The summed E-state index contributed by atoms with van der Waals surface area (Å²) in [5.74, 6) is -0.335. The molecule has 0 fully saturated rings. The normalized spacial score (nSPS) is 10.5.